The summed E-state index contributed by atoms with van der Waals surface area (Å²) < 4.78 is 1.60. The molecule has 1 aromatic heterocycles. The zero-order valence-corrected chi connectivity index (χ0v) is 14.2. The number of para-hydroxylation sites is 1. The van der Waals surface area contributed by atoms with Crippen molar-refractivity contribution in [2.75, 3.05) is 5.32 Å². The van der Waals surface area contributed by atoms with Crippen molar-refractivity contribution >= 4 is 23.5 Å². The molecule has 2 aromatic carbocycles. The molecule has 0 unspecified atom stereocenters. The molecule has 1 amide bonds. The molecule has 3 N–H and O–H groups in total. The monoisotopic (exact) mass is 365 g/mol. The number of nitrogens with one attached hydrogen (secondary N) is 1. The summed E-state index contributed by atoms with van der Waals surface area (Å²) in [6, 6.07) is 12.7. The molecule has 0 spiro atoms. The van der Waals surface area contributed by atoms with Crippen LogP contribution in [0.2, 0.25) is 0 Å². The summed E-state index contributed by atoms with van der Waals surface area (Å²) in [4.78, 5) is 34.9. The van der Waals surface area contributed by atoms with Crippen LogP contribution in [0.25, 0.3) is 5.69 Å². The van der Waals surface area contributed by atoms with Gasteiger partial charge in [0.15, 0.2) is 0 Å². The largest absolute Gasteiger partial charge is 0.478 e. The molecule has 0 aliphatic carbocycles. The molecule has 0 aliphatic heterocycles. The molecule has 0 saturated heterocycles. The fourth-order valence-electron chi connectivity index (χ4n) is 2.61. The maximum absolute atomic E-state index is 12.6. The Labute approximate surface area is 153 Å². The molecule has 0 radical (unpaired) electrons. The number of carboxylic acids is 2. The number of carbonyl (C=O) groups excluding carboxylic acids is 1. The molecule has 0 atom stereocenters. The number of benzene rings is 2. The zero-order valence-electron chi connectivity index (χ0n) is 14.2. The third kappa shape index (κ3) is 3.69. The van der Waals surface area contributed by atoms with Gasteiger partial charge in [-0.05, 0) is 37.3 Å². The van der Waals surface area contributed by atoms with Crippen molar-refractivity contribution in [1.82, 2.24) is 9.78 Å². The van der Waals surface area contributed by atoms with Crippen LogP contribution in [-0.2, 0) is 0 Å². The zero-order chi connectivity index (χ0) is 19.6. The Hall–Kier alpha value is -3.94. The van der Waals surface area contributed by atoms with E-state index in [9.17, 15) is 14.4 Å². The number of carbonyl (C=O) groups is 3. The summed E-state index contributed by atoms with van der Waals surface area (Å²) >= 11 is 0. The fraction of sp³-hybridized carbons (Fsp3) is 0.0526. The highest BCUT2D eigenvalue weighted by molar-refractivity contribution is 6.06. The first-order chi connectivity index (χ1) is 12.9. The van der Waals surface area contributed by atoms with Gasteiger partial charge in [-0.3, -0.25) is 4.79 Å². The molecular formula is C19H15N3O5. The van der Waals surface area contributed by atoms with E-state index in [2.05, 4.69) is 10.4 Å². The molecule has 8 nitrogen and oxygen atoms in total. The van der Waals surface area contributed by atoms with Gasteiger partial charge in [0.05, 0.1) is 34.3 Å². The molecule has 0 saturated carbocycles. The third-order valence-corrected chi connectivity index (χ3v) is 3.94. The number of amides is 1. The highest BCUT2D eigenvalue weighted by Crippen LogP contribution is 2.19. The molecule has 3 aromatic rings. The van der Waals surface area contributed by atoms with Gasteiger partial charge >= 0.3 is 11.9 Å². The van der Waals surface area contributed by atoms with Gasteiger partial charge in [0.25, 0.3) is 5.91 Å². The molecule has 136 valence electrons. The first-order valence-corrected chi connectivity index (χ1v) is 7.90. The van der Waals surface area contributed by atoms with E-state index in [4.69, 9.17) is 10.2 Å². The van der Waals surface area contributed by atoms with Crippen molar-refractivity contribution in [3.05, 3.63) is 77.1 Å². The molecule has 8 heteroatoms. The van der Waals surface area contributed by atoms with Crippen LogP contribution >= 0.6 is 0 Å². The van der Waals surface area contributed by atoms with E-state index in [1.807, 2.05) is 30.3 Å². The average Bonchev–Trinajstić information content (AvgIpc) is 3.03. The summed E-state index contributed by atoms with van der Waals surface area (Å²) in [5.41, 5.74) is 1.27. The first-order valence-electron chi connectivity index (χ1n) is 7.90. The number of hydrogen-bond donors (Lipinski definition) is 3. The van der Waals surface area contributed by atoms with Gasteiger partial charge in [-0.2, -0.15) is 5.10 Å². The van der Waals surface area contributed by atoms with E-state index in [0.29, 0.717) is 5.69 Å². The van der Waals surface area contributed by atoms with Gasteiger partial charge in [0.1, 0.15) is 0 Å². The second-order valence-electron chi connectivity index (χ2n) is 5.75. The van der Waals surface area contributed by atoms with Crippen molar-refractivity contribution in [2.24, 2.45) is 0 Å². The van der Waals surface area contributed by atoms with E-state index in [0.717, 1.165) is 11.8 Å². The minimum Gasteiger partial charge on any atom is -0.478 e. The maximum atomic E-state index is 12.6. The number of carboxylic acid groups (broad SMARTS) is 2. The lowest BCUT2D eigenvalue weighted by Crippen LogP contribution is -2.14. The Bertz CT molecular complexity index is 1010. The molecule has 0 bridgehead atoms. The van der Waals surface area contributed by atoms with Crippen molar-refractivity contribution in [2.45, 2.75) is 6.92 Å². The van der Waals surface area contributed by atoms with Crippen LogP contribution < -0.4 is 5.32 Å². The predicted octanol–water partition coefficient (Wildman–Crippen LogP) is 2.83. The van der Waals surface area contributed by atoms with Gasteiger partial charge in [-0.15, -0.1) is 0 Å². The second-order valence-corrected chi connectivity index (χ2v) is 5.75. The molecular weight excluding hydrogens is 350 g/mol. The Kier molecular flexibility index (Phi) is 4.71. The normalized spacial score (nSPS) is 10.4. The van der Waals surface area contributed by atoms with Crippen LogP contribution in [0.3, 0.4) is 0 Å². The summed E-state index contributed by atoms with van der Waals surface area (Å²) in [5, 5.41) is 25.0. The predicted molar refractivity (Wildman–Crippen MR) is 96.6 cm³/mol. The number of aromatic nitrogens is 2. The van der Waals surface area contributed by atoms with Crippen LogP contribution in [0.5, 0.6) is 0 Å². The van der Waals surface area contributed by atoms with Crippen LogP contribution in [0, 0.1) is 6.92 Å². The van der Waals surface area contributed by atoms with Gasteiger partial charge in [-0.25, -0.2) is 14.3 Å². The SMILES string of the molecule is Cc1c(C(=O)Nc2cc(C(=O)O)cc(C(=O)O)c2)cnn1-c1ccccc1. The van der Waals surface area contributed by atoms with Crippen molar-refractivity contribution in [3.63, 3.8) is 0 Å². The van der Waals surface area contributed by atoms with Crippen molar-refractivity contribution in [1.29, 1.82) is 0 Å². The summed E-state index contributed by atoms with van der Waals surface area (Å²) in [6.07, 6.45) is 1.40. The molecule has 1 heterocycles. The van der Waals surface area contributed by atoms with E-state index >= 15 is 0 Å². The number of aromatic carboxylic acids is 2. The highest BCUT2D eigenvalue weighted by atomic mass is 16.4. The lowest BCUT2D eigenvalue weighted by Gasteiger charge is -2.08. The van der Waals surface area contributed by atoms with Gasteiger partial charge in [-0.1, -0.05) is 18.2 Å². The molecule has 3 rings (SSSR count). The fourth-order valence-corrected chi connectivity index (χ4v) is 2.61. The summed E-state index contributed by atoms with van der Waals surface area (Å²) in [7, 11) is 0. The molecule has 0 aliphatic rings. The number of hydrogen-bond acceptors (Lipinski definition) is 4. The van der Waals surface area contributed by atoms with Gasteiger partial charge in [0, 0.05) is 5.69 Å². The Morgan fingerprint density at radius 2 is 1.56 bits per heavy atom. The standard InChI is InChI=1S/C19H15N3O5/c1-11-16(10-20-22(11)15-5-3-2-4-6-15)17(23)21-14-8-12(18(24)25)7-13(9-14)19(26)27/h2-10H,1H3,(H,21,23)(H,24,25)(H,26,27). The van der Waals surface area contributed by atoms with Gasteiger partial charge in [0.2, 0.25) is 0 Å². The summed E-state index contributed by atoms with van der Waals surface area (Å²) in [6.45, 7) is 1.73. The topological polar surface area (TPSA) is 122 Å². The van der Waals surface area contributed by atoms with Crippen molar-refractivity contribution in [3.8, 4) is 5.69 Å². The van der Waals surface area contributed by atoms with Crippen LogP contribution in [-0.4, -0.2) is 37.8 Å². The number of rotatable bonds is 5. The second kappa shape index (κ2) is 7.12. The molecule has 27 heavy (non-hydrogen) atoms. The van der Waals surface area contributed by atoms with Crippen molar-refractivity contribution < 1.29 is 24.6 Å². The first kappa shape index (κ1) is 17.9. The van der Waals surface area contributed by atoms with E-state index in [1.165, 1.54) is 18.3 Å². The average molecular weight is 365 g/mol. The van der Waals surface area contributed by atoms with E-state index in [-0.39, 0.29) is 22.4 Å². The third-order valence-electron chi connectivity index (χ3n) is 3.94. The Balaban J connectivity index is 1.91. The minimum atomic E-state index is -1.29. The Morgan fingerprint density at radius 3 is 2.11 bits per heavy atom. The van der Waals surface area contributed by atoms with Gasteiger partial charge < -0.3 is 15.5 Å². The van der Waals surface area contributed by atoms with Crippen LogP contribution in [0.1, 0.15) is 36.8 Å². The van der Waals surface area contributed by atoms with Crippen LogP contribution in [0.4, 0.5) is 5.69 Å². The minimum absolute atomic E-state index is 0.0733. The number of nitrogens with zero attached hydrogens (tertiary/aromatic N) is 2. The Morgan fingerprint density at radius 1 is 0.963 bits per heavy atom. The summed E-state index contributed by atoms with van der Waals surface area (Å²) in [5.74, 6) is -3.10. The molecule has 0 fully saturated rings. The number of anilines is 1. The lowest BCUT2D eigenvalue weighted by molar-refractivity contribution is 0.0696. The van der Waals surface area contributed by atoms with E-state index < -0.39 is 17.8 Å². The van der Waals surface area contributed by atoms with Crippen LogP contribution in [0.15, 0.2) is 54.7 Å². The lowest BCUT2D eigenvalue weighted by atomic mass is 10.1. The maximum Gasteiger partial charge on any atom is 0.335 e. The highest BCUT2D eigenvalue weighted by Gasteiger charge is 2.17. The van der Waals surface area contributed by atoms with E-state index in [1.54, 1.807) is 11.6 Å². The smallest absolute Gasteiger partial charge is 0.335 e. The quantitative estimate of drug-likeness (QED) is 0.639.